The van der Waals surface area contributed by atoms with Crippen molar-refractivity contribution in [2.24, 2.45) is 11.5 Å². The maximum atomic E-state index is 12.5. The Balaban J connectivity index is -0.00000112. The first-order chi connectivity index (χ1) is 28.8. The Labute approximate surface area is 444 Å². The topological polar surface area (TPSA) is 243 Å². The Morgan fingerprint density at radius 2 is 0.708 bits per heavy atom. The number of carbonyl (C=O) groups is 5. The van der Waals surface area contributed by atoms with Crippen LogP contribution in [0.3, 0.4) is 0 Å². The summed E-state index contributed by atoms with van der Waals surface area (Å²) < 4.78 is 4.89. The molecule has 0 aromatic rings. The van der Waals surface area contributed by atoms with Gasteiger partial charge in [-0.1, -0.05) is 43.2 Å². The highest BCUT2D eigenvalue weighted by molar-refractivity contribution is 8.77. The summed E-state index contributed by atoms with van der Waals surface area (Å²) in [7, 11) is 7.57. The zero-order valence-electron chi connectivity index (χ0n) is 38.4. The molecular formula is C39H86Cl6N10O6S4. The summed E-state index contributed by atoms with van der Waals surface area (Å²) in [6.07, 6.45) is 11.6. The van der Waals surface area contributed by atoms with Crippen molar-refractivity contribution in [2.75, 3.05) is 115 Å². The number of hydrogen-bond acceptors (Lipinski definition) is 16. The summed E-state index contributed by atoms with van der Waals surface area (Å²) in [4.78, 5) is 61.2. The molecule has 394 valence electrons. The molecule has 1 unspecified atom stereocenters. The highest BCUT2D eigenvalue weighted by Crippen LogP contribution is 2.23. The van der Waals surface area contributed by atoms with Gasteiger partial charge >= 0.3 is 5.97 Å². The molecule has 0 saturated heterocycles. The van der Waals surface area contributed by atoms with Gasteiger partial charge in [0.25, 0.3) is 0 Å². The summed E-state index contributed by atoms with van der Waals surface area (Å²) in [5.74, 6) is 1.91. The zero-order valence-corrected chi connectivity index (χ0v) is 46.6. The summed E-state index contributed by atoms with van der Waals surface area (Å²) >= 11 is 0. The van der Waals surface area contributed by atoms with Gasteiger partial charge in [-0.3, -0.25) is 19.2 Å². The van der Waals surface area contributed by atoms with E-state index in [1.54, 1.807) is 32.4 Å². The molecule has 4 amide bonds. The Bertz CT molecular complexity index is 1070. The normalized spacial score (nSPS) is 10.5. The Morgan fingerprint density at radius 1 is 0.415 bits per heavy atom. The molecular weight excluding hydrogens is 1050 g/mol. The van der Waals surface area contributed by atoms with Crippen molar-refractivity contribution >= 4 is 147 Å². The van der Waals surface area contributed by atoms with Crippen molar-refractivity contribution in [2.45, 2.75) is 102 Å². The summed E-state index contributed by atoms with van der Waals surface area (Å²) in [5.41, 5.74) is 11.0. The molecule has 0 aliphatic rings. The van der Waals surface area contributed by atoms with Crippen molar-refractivity contribution in [1.29, 1.82) is 0 Å². The molecule has 26 heteroatoms. The summed E-state index contributed by atoms with van der Waals surface area (Å²) in [6.45, 7) is 11.0. The third kappa shape index (κ3) is 60.3. The first-order valence-electron chi connectivity index (χ1n) is 21.7. The maximum absolute atomic E-state index is 12.5. The predicted octanol–water partition coefficient (Wildman–Crippen LogP) is 4.41. The SMILES string of the molecule is COC(=O)C(CCCCNC(=O)CCSSCCC(=O)NCCCNCCCCNCCCN)NC(=O)CCSSCCC(=O)NCCCNCCCCNCCCN.Cl.Cl.Cl.Cl.Cl.Cl. The number of halogens is 6. The fourth-order valence-corrected chi connectivity index (χ4v) is 9.19. The second-order valence-electron chi connectivity index (χ2n) is 13.9. The van der Waals surface area contributed by atoms with Crippen LogP contribution in [0.5, 0.6) is 0 Å². The van der Waals surface area contributed by atoms with E-state index in [0.717, 1.165) is 117 Å². The molecule has 0 saturated carbocycles. The van der Waals surface area contributed by atoms with E-state index >= 15 is 0 Å². The van der Waals surface area contributed by atoms with Gasteiger partial charge < -0.3 is 58.7 Å². The van der Waals surface area contributed by atoms with Crippen LogP contribution in [-0.4, -0.2) is 151 Å². The van der Waals surface area contributed by atoms with Crippen LogP contribution < -0.4 is 54.0 Å². The van der Waals surface area contributed by atoms with Crippen LogP contribution in [0.4, 0.5) is 0 Å². The van der Waals surface area contributed by atoms with E-state index in [1.165, 1.54) is 17.9 Å². The summed E-state index contributed by atoms with van der Waals surface area (Å²) in [5, 5.41) is 25.2. The highest BCUT2D eigenvalue weighted by Gasteiger charge is 2.21. The van der Waals surface area contributed by atoms with Gasteiger partial charge in [0.05, 0.1) is 7.11 Å². The minimum Gasteiger partial charge on any atom is -0.467 e. The van der Waals surface area contributed by atoms with Crippen molar-refractivity contribution < 1.29 is 28.7 Å². The lowest BCUT2D eigenvalue weighted by Crippen LogP contribution is -2.41. The van der Waals surface area contributed by atoms with Gasteiger partial charge in [-0.25, -0.2) is 4.79 Å². The number of methoxy groups -OCH3 is 1. The monoisotopic (exact) mass is 1130 g/mol. The smallest absolute Gasteiger partial charge is 0.328 e. The van der Waals surface area contributed by atoms with E-state index in [4.69, 9.17) is 16.2 Å². The van der Waals surface area contributed by atoms with Gasteiger partial charge in [-0.15, -0.1) is 74.4 Å². The van der Waals surface area contributed by atoms with Gasteiger partial charge in [0.2, 0.25) is 23.6 Å². The molecule has 0 radical (unpaired) electrons. The molecule has 0 rings (SSSR count). The number of esters is 1. The number of nitrogens with two attached hydrogens (primary N) is 2. The van der Waals surface area contributed by atoms with E-state index in [0.29, 0.717) is 81.2 Å². The fourth-order valence-electron chi connectivity index (χ4n) is 5.23. The van der Waals surface area contributed by atoms with E-state index in [9.17, 15) is 24.0 Å². The van der Waals surface area contributed by atoms with Crippen molar-refractivity contribution in [3.63, 3.8) is 0 Å². The quantitative estimate of drug-likeness (QED) is 0.0231. The molecule has 0 bridgehead atoms. The van der Waals surface area contributed by atoms with Crippen LogP contribution >= 0.6 is 118 Å². The largest absolute Gasteiger partial charge is 0.467 e. The second-order valence-corrected chi connectivity index (χ2v) is 19.3. The van der Waals surface area contributed by atoms with Gasteiger partial charge in [0, 0.05) is 68.3 Å². The third-order valence-corrected chi connectivity index (χ3v) is 13.4. The third-order valence-electron chi connectivity index (χ3n) is 8.61. The van der Waals surface area contributed by atoms with E-state index in [2.05, 4.69) is 42.5 Å². The van der Waals surface area contributed by atoms with Crippen LogP contribution in [0.1, 0.15) is 96.3 Å². The maximum Gasteiger partial charge on any atom is 0.328 e. The number of carbonyl (C=O) groups excluding carboxylic acids is 5. The molecule has 0 aliphatic carbocycles. The van der Waals surface area contributed by atoms with Crippen molar-refractivity contribution in [3.05, 3.63) is 0 Å². The lowest BCUT2D eigenvalue weighted by molar-refractivity contribution is -0.145. The Morgan fingerprint density at radius 3 is 1.05 bits per heavy atom. The lowest BCUT2D eigenvalue weighted by atomic mass is 10.1. The number of amides is 4. The van der Waals surface area contributed by atoms with Crippen LogP contribution in [0.15, 0.2) is 0 Å². The van der Waals surface area contributed by atoms with Crippen molar-refractivity contribution in [3.8, 4) is 0 Å². The number of unbranched alkanes of at least 4 members (excludes halogenated alkanes) is 3. The number of rotatable bonds is 45. The average molecular weight is 1130 g/mol. The molecule has 16 nitrogen and oxygen atoms in total. The highest BCUT2D eigenvalue weighted by atomic mass is 35.5. The Kier molecular flexibility index (Phi) is 78.5. The number of ether oxygens (including phenoxy) is 1. The zero-order chi connectivity index (χ0) is 43.3. The van der Waals surface area contributed by atoms with Crippen molar-refractivity contribution in [1.82, 2.24) is 42.5 Å². The van der Waals surface area contributed by atoms with Gasteiger partial charge in [0.1, 0.15) is 6.04 Å². The minimum absolute atomic E-state index is 0. The first-order valence-corrected chi connectivity index (χ1v) is 26.7. The molecule has 65 heavy (non-hydrogen) atoms. The molecule has 0 spiro atoms. The molecule has 0 heterocycles. The van der Waals surface area contributed by atoms with Crippen LogP contribution in [0.25, 0.3) is 0 Å². The fraction of sp³-hybridized carbons (Fsp3) is 0.872. The lowest BCUT2D eigenvalue weighted by Gasteiger charge is -2.16. The van der Waals surface area contributed by atoms with E-state index in [-0.39, 0.29) is 104 Å². The van der Waals surface area contributed by atoms with Gasteiger partial charge in [-0.2, -0.15) is 0 Å². The number of hydrogen-bond donors (Lipinski definition) is 10. The average Bonchev–Trinajstić information content (AvgIpc) is 3.23. The molecule has 0 aliphatic heterocycles. The van der Waals surface area contributed by atoms with E-state index in [1.807, 2.05) is 0 Å². The molecule has 1 atom stereocenters. The first kappa shape index (κ1) is 79.4. The predicted molar refractivity (Wildman–Crippen MR) is 295 cm³/mol. The minimum atomic E-state index is -0.735. The molecule has 0 aromatic heterocycles. The van der Waals surface area contributed by atoms with Crippen LogP contribution in [0, 0.1) is 0 Å². The second kappa shape index (κ2) is 64.2. The Hall–Kier alpha value is 0.250. The molecule has 0 aromatic carbocycles. The van der Waals surface area contributed by atoms with E-state index < -0.39 is 12.0 Å². The van der Waals surface area contributed by atoms with Crippen LogP contribution in [0.2, 0.25) is 0 Å². The van der Waals surface area contributed by atoms with Gasteiger partial charge in [-0.05, 0) is 136 Å². The van der Waals surface area contributed by atoms with Gasteiger partial charge in [0.15, 0.2) is 0 Å². The molecule has 12 N–H and O–H groups in total. The number of nitrogens with one attached hydrogen (secondary N) is 8. The van der Waals surface area contributed by atoms with Crippen LogP contribution in [-0.2, 0) is 28.7 Å². The standard InChI is InChI=1S/C39H80N10O6S4.6ClH/c1-55-39(54)34(49-38(53)16-33-59-58-32-15-37(52)48-29-11-26-45-22-7-5-20-43-24-9-18-41)12-2-3-27-46-35(50)13-30-56-57-31-14-36(51)47-28-10-25-44-21-6-4-19-42-23-8-17-40;;;;;;/h34,42-45H,2-33,40-41H2,1H3,(H,46,50)(H,47,51)(H,48,52)(H,49,53);6*1H. The molecule has 0 fully saturated rings. The summed E-state index contributed by atoms with van der Waals surface area (Å²) in [6, 6.07) is -0.735.